The number of aliphatic hydroxyl groups excluding tert-OH is 1. The molecule has 31 heavy (non-hydrogen) atoms. The molecule has 2 aromatic rings. The topological polar surface area (TPSA) is 119 Å². The molecule has 4 N–H and O–H groups in total. The van der Waals surface area contributed by atoms with Crippen molar-refractivity contribution in [3.8, 4) is 0 Å². The Hall–Kier alpha value is -1.97. The van der Waals surface area contributed by atoms with Gasteiger partial charge in [0.15, 0.2) is 0 Å². The summed E-state index contributed by atoms with van der Waals surface area (Å²) in [5, 5.41) is 11.1. The maximum atomic E-state index is 12.3. The van der Waals surface area contributed by atoms with Crippen molar-refractivity contribution in [2.45, 2.75) is 77.7 Å². The summed E-state index contributed by atoms with van der Waals surface area (Å²) >= 11 is 0. The van der Waals surface area contributed by atoms with E-state index in [2.05, 4.69) is 23.8 Å². The number of nitrogen functional groups attached to an aromatic ring is 1. The molecule has 3 rings (SSSR count). The zero-order valence-corrected chi connectivity index (χ0v) is 19.2. The molecule has 0 radical (unpaired) electrons. The van der Waals surface area contributed by atoms with Gasteiger partial charge in [0.1, 0.15) is 6.10 Å². The highest BCUT2D eigenvalue weighted by atomic mass is 16.5. The number of rotatable bonds is 11. The minimum Gasteiger partial charge on any atom is -0.386 e. The minimum absolute atomic E-state index is 0.0255. The fourth-order valence-electron chi connectivity index (χ4n) is 4.68. The molecule has 9 nitrogen and oxygen atoms in total. The predicted octanol–water partition coefficient (Wildman–Crippen LogP) is 2.04. The third-order valence-electron chi connectivity index (χ3n) is 6.49. The number of imidazole rings is 1. The van der Waals surface area contributed by atoms with Crippen LogP contribution in [0.1, 0.15) is 65.5 Å². The Morgan fingerprint density at radius 3 is 2.87 bits per heavy atom. The number of nitrogens with two attached hydrogens (primary N) is 1. The van der Waals surface area contributed by atoms with Gasteiger partial charge in [0.05, 0.1) is 13.2 Å². The first kappa shape index (κ1) is 23.7. The van der Waals surface area contributed by atoms with Crippen molar-refractivity contribution >= 4 is 17.1 Å². The monoisotopic (exact) mass is 436 g/mol. The number of fused-ring (bicyclic) bond motifs is 1. The van der Waals surface area contributed by atoms with Gasteiger partial charge in [-0.2, -0.15) is 9.55 Å². The zero-order valence-electron chi connectivity index (χ0n) is 19.2. The number of nitrogens with one attached hydrogen (secondary N) is 1. The van der Waals surface area contributed by atoms with Gasteiger partial charge in [-0.3, -0.25) is 9.78 Å². The summed E-state index contributed by atoms with van der Waals surface area (Å²) in [6.45, 7) is 8.01. The molecule has 5 atom stereocenters. The van der Waals surface area contributed by atoms with Gasteiger partial charge in [-0.05, 0) is 44.9 Å². The molecule has 9 heteroatoms. The highest BCUT2D eigenvalue weighted by Crippen LogP contribution is 2.38. The second-order valence-corrected chi connectivity index (χ2v) is 8.75. The number of H-pyrrole nitrogens is 1. The first-order valence-electron chi connectivity index (χ1n) is 11.5. The van der Waals surface area contributed by atoms with Crippen molar-refractivity contribution in [1.29, 1.82) is 0 Å². The molecule has 2 aromatic heterocycles. The summed E-state index contributed by atoms with van der Waals surface area (Å²) in [4.78, 5) is 19.1. The number of hydrogen-bond donors (Lipinski definition) is 3. The molecule has 1 saturated heterocycles. The van der Waals surface area contributed by atoms with Crippen LogP contribution in [0, 0.1) is 11.8 Å². The summed E-state index contributed by atoms with van der Waals surface area (Å²) in [5.74, 6) is 0.689. The van der Waals surface area contributed by atoms with E-state index in [-0.39, 0.29) is 23.5 Å². The molecule has 0 bridgehead atoms. The number of hydrogen-bond acceptors (Lipinski definition) is 6. The maximum absolute atomic E-state index is 12.3. The Morgan fingerprint density at radius 2 is 2.16 bits per heavy atom. The third kappa shape index (κ3) is 5.27. The van der Waals surface area contributed by atoms with E-state index in [0.29, 0.717) is 17.1 Å². The Labute approximate surface area is 183 Å². The molecule has 1 aliphatic rings. The molecule has 0 saturated carbocycles. The molecule has 0 spiro atoms. The van der Waals surface area contributed by atoms with Crippen LogP contribution in [0.2, 0.25) is 0 Å². The second-order valence-electron chi connectivity index (χ2n) is 8.75. The molecule has 1 aliphatic heterocycles. The first-order valence-corrected chi connectivity index (χ1v) is 11.5. The number of ether oxygens (including phenoxy) is 2. The van der Waals surface area contributed by atoms with Gasteiger partial charge in [-0.1, -0.05) is 20.3 Å². The molecular weight excluding hydrogens is 398 g/mol. The van der Waals surface area contributed by atoms with E-state index < -0.39 is 12.3 Å². The van der Waals surface area contributed by atoms with Crippen LogP contribution in [-0.4, -0.2) is 45.1 Å². The van der Waals surface area contributed by atoms with Crippen molar-refractivity contribution in [3.63, 3.8) is 0 Å². The normalized spacial score (nSPS) is 24.8. The van der Waals surface area contributed by atoms with Crippen LogP contribution in [-0.2, 0) is 16.5 Å². The fourth-order valence-corrected chi connectivity index (χ4v) is 4.68. The number of aryl methyl sites for hydroxylation is 1. The molecule has 3 heterocycles. The van der Waals surface area contributed by atoms with E-state index >= 15 is 0 Å². The van der Waals surface area contributed by atoms with Crippen LogP contribution in [0.25, 0.3) is 11.2 Å². The summed E-state index contributed by atoms with van der Waals surface area (Å²) in [6, 6.07) is 0. The van der Waals surface area contributed by atoms with E-state index in [9.17, 15) is 9.90 Å². The van der Waals surface area contributed by atoms with Crippen LogP contribution >= 0.6 is 0 Å². The Balaban J connectivity index is 1.66. The lowest BCUT2D eigenvalue weighted by atomic mass is 9.87. The molecule has 0 aliphatic carbocycles. The van der Waals surface area contributed by atoms with Crippen molar-refractivity contribution in [2.75, 3.05) is 18.9 Å². The van der Waals surface area contributed by atoms with Gasteiger partial charge < -0.3 is 20.3 Å². The Bertz CT molecular complexity index is 911. The lowest BCUT2D eigenvalue weighted by Gasteiger charge is -2.21. The SMILES string of the molecule is CCCOCCCC(CC)CC[C@H]1[C@@H](O)[C@H](n2c[n+](C)c3c(=O)[nH]c(N)nc32)O[C@@H]1C. The predicted molar refractivity (Wildman–Crippen MR) is 118 cm³/mol. The van der Waals surface area contributed by atoms with Crippen molar-refractivity contribution in [3.05, 3.63) is 16.7 Å². The van der Waals surface area contributed by atoms with E-state index in [1.165, 1.54) is 0 Å². The molecule has 174 valence electrons. The summed E-state index contributed by atoms with van der Waals surface area (Å²) < 4.78 is 15.2. The van der Waals surface area contributed by atoms with Crippen molar-refractivity contribution < 1.29 is 19.1 Å². The zero-order chi connectivity index (χ0) is 22.5. The summed E-state index contributed by atoms with van der Waals surface area (Å²) in [7, 11) is 1.77. The lowest BCUT2D eigenvalue weighted by molar-refractivity contribution is -0.646. The van der Waals surface area contributed by atoms with Gasteiger partial charge in [0.25, 0.3) is 11.2 Å². The van der Waals surface area contributed by atoms with Crippen LogP contribution in [0.4, 0.5) is 5.95 Å². The highest BCUT2D eigenvalue weighted by molar-refractivity contribution is 5.66. The summed E-state index contributed by atoms with van der Waals surface area (Å²) in [5.41, 5.74) is 6.26. The van der Waals surface area contributed by atoms with Crippen LogP contribution in [0.3, 0.4) is 0 Å². The molecule has 0 aromatic carbocycles. The Kier molecular flexibility index (Phi) is 8.07. The maximum Gasteiger partial charge on any atom is 0.304 e. The van der Waals surface area contributed by atoms with Gasteiger partial charge in [0, 0.05) is 19.1 Å². The number of aromatic nitrogens is 4. The molecule has 0 amide bonds. The van der Waals surface area contributed by atoms with E-state index in [1.807, 2.05) is 6.92 Å². The fraction of sp³-hybridized carbons (Fsp3) is 0.773. The van der Waals surface area contributed by atoms with Gasteiger partial charge in [-0.25, -0.2) is 4.57 Å². The number of aromatic amines is 1. The highest BCUT2D eigenvalue weighted by Gasteiger charge is 2.46. The van der Waals surface area contributed by atoms with E-state index in [0.717, 1.165) is 51.7 Å². The van der Waals surface area contributed by atoms with Crippen molar-refractivity contribution in [1.82, 2.24) is 14.5 Å². The van der Waals surface area contributed by atoms with Gasteiger partial charge in [0.2, 0.25) is 18.5 Å². The van der Waals surface area contributed by atoms with Crippen LogP contribution < -0.4 is 15.9 Å². The average molecular weight is 437 g/mol. The van der Waals surface area contributed by atoms with E-state index in [4.69, 9.17) is 15.2 Å². The number of nitrogens with zero attached hydrogens (tertiary/aromatic N) is 3. The molecular formula is C22H38N5O4+. The standard InChI is InChI=1S/C22H37N5O4/c1-5-11-30-12-7-8-15(6-2)9-10-16-14(3)31-21(18(16)28)27-13-26(4)17-19(27)24-22(23)25-20(17)29/h13-16,18,21,28H,5-12H2,1-4H3,(H2-,23,24,25,29)/p+1/t14-,15?,16-,18-,21-/m1/s1. The molecule has 1 unspecified atom stereocenters. The van der Waals surface area contributed by atoms with Crippen LogP contribution in [0.5, 0.6) is 0 Å². The van der Waals surface area contributed by atoms with Crippen LogP contribution in [0.15, 0.2) is 11.1 Å². The van der Waals surface area contributed by atoms with Gasteiger partial charge in [-0.15, -0.1) is 0 Å². The largest absolute Gasteiger partial charge is 0.386 e. The lowest BCUT2D eigenvalue weighted by Crippen LogP contribution is -2.32. The minimum atomic E-state index is -0.682. The quantitative estimate of drug-likeness (QED) is 0.366. The Morgan fingerprint density at radius 1 is 1.39 bits per heavy atom. The average Bonchev–Trinajstić information content (AvgIpc) is 3.20. The van der Waals surface area contributed by atoms with Crippen molar-refractivity contribution in [2.24, 2.45) is 18.9 Å². The van der Waals surface area contributed by atoms with E-state index in [1.54, 1.807) is 22.5 Å². The number of aliphatic hydroxyl groups is 1. The number of anilines is 1. The smallest absolute Gasteiger partial charge is 0.304 e. The summed E-state index contributed by atoms with van der Waals surface area (Å²) in [6.07, 6.45) is 6.72. The molecule has 1 fully saturated rings. The first-order chi connectivity index (χ1) is 14.9. The third-order valence-corrected chi connectivity index (χ3v) is 6.49. The second kappa shape index (κ2) is 10.6. The van der Waals surface area contributed by atoms with Gasteiger partial charge >= 0.3 is 5.56 Å².